The van der Waals surface area contributed by atoms with Crippen LogP contribution >= 0.6 is 11.6 Å². The number of hydrogen-bond acceptors (Lipinski definition) is 4. The minimum absolute atomic E-state index is 0.0971. The van der Waals surface area contributed by atoms with Crippen LogP contribution in [0.2, 0.25) is 5.02 Å². The Morgan fingerprint density at radius 3 is 2.34 bits per heavy atom. The van der Waals surface area contributed by atoms with E-state index in [1.165, 1.54) is 4.90 Å². The number of ether oxygens (including phenoxy) is 2. The summed E-state index contributed by atoms with van der Waals surface area (Å²) in [6, 6.07) is 21.6. The molecule has 38 heavy (non-hydrogen) atoms. The van der Waals surface area contributed by atoms with Gasteiger partial charge in [0.05, 0.1) is 10.6 Å². The number of carboxylic acids is 1. The first-order valence-corrected chi connectivity index (χ1v) is 13.5. The maximum absolute atomic E-state index is 14.1. The Hall–Kier alpha value is -3.35. The molecule has 1 saturated carbocycles. The molecule has 6 nitrogen and oxygen atoms in total. The number of carbonyl (C=O) groups excluding carboxylic acids is 1. The van der Waals surface area contributed by atoms with Crippen molar-refractivity contribution in [3.63, 3.8) is 0 Å². The van der Waals surface area contributed by atoms with Crippen LogP contribution in [0.1, 0.15) is 61.0 Å². The maximum atomic E-state index is 14.1. The zero-order valence-corrected chi connectivity index (χ0v) is 22.2. The van der Waals surface area contributed by atoms with E-state index in [0.717, 1.165) is 47.9 Å². The zero-order chi connectivity index (χ0) is 26.7. The van der Waals surface area contributed by atoms with Crippen LogP contribution in [0.4, 0.5) is 0 Å². The Kier molecular flexibility index (Phi) is 7.73. The van der Waals surface area contributed by atoms with E-state index in [1.807, 2.05) is 73.7 Å². The number of hydrogen-bond donors (Lipinski definition) is 1. The lowest BCUT2D eigenvalue weighted by Gasteiger charge is -2.39. The van der Waals surface area contributed by atoms with Crippen LogP contribution in [-0.2, 0) is 33.9 Å². The molecule has 1 aliphatic heterocycles. The van der Waals surface area contributed by atoms with Gasteiger partial charge in [0.25, 0.3) is 5.91 Å². The molecular formula is C31H32ClNO5. The van der Waals surface area contributed by atoms with Crippen LogP contribution in [0.15, 0.2) is 72.8 Å². The average molecular weight is 534 g/mol. The van der Waals surface area contributed by atoms with Gasteiger partial charge in [-0.05, 0) is 42.5 Å². The quantitative estimate of drug-likeness (QED) is 0.365. The van der Waals surface area contributed by atoms with Gasteiger partial charge in [0, 0.05) is 18.5 Å². The first-order chi connectivity index (χ1) is 18.3. The molecule has 0 spiro atoms. The minimum atomic E-state index is -1.07. The summed E-state index contributed by atoms with van der Waals surface area (Å²) in [7, 11) is 0. The van der Waals surface area contributed by atoms with Gasteiger partial charge in [-0.15, -0.1) is 0 Å². The van der Waals surface area contributed by atoms with Crippen LogP contribution < -0.4 is 4.74 Å². The second-order valence-electron chi connectivity index (χ2n) is 10.4. The summed E-state index contributed by atoms with van der Waals surface area (Å²) in [4.78, 5) is 28.0. The molecule has 0 radical (unpaired) electrons. The molecular weight excluding hydrogens is 502 g/mol. The fourth-order valence-corrected chi connectivity index (χ4v) is 5.74. The van der Waals surface area contributed by atoms with Crippen molar-refractivity contribution in [3.05, 3.63) is 100 Å². The summed E-state index contributed by atoms with van der Waals surface area (Å²) in [5.74, 6) is -0.943. The molecule has 5 rings (SSSR count). The molecule has 1 N–H and O–H groups in total. The fraction of sp³-hybridized carbons (Fsp3) is 0.355. The largest absolute Gasteiger partial charge is 0.487 e. The van der Waals surface area contributed by atoms with Gasteiger partial charge in [-0.1, -0.05) is 91.2 Å². The molecule has 0 unspecified atom stereocenters. The van der Waals surface area contributed by atoms with Crippen molar-refractivity contribution >= 4 is 23.5 Å². The second kappa shape index (κ2) is 11.2. The van der Waals surface area contributed by atoms with E-state index in [-0.39, 0.29) is 18.9 Å². The van der Waals surface area contributed by atoms with Gasteiger partial charge in [0.15, 0.2) is 6.10 Å². The highest BCUT2D eigenvalue weighted by Crippen LogP contribution is 2.41. The van der Waals surface area contributed by atoms with Crippen LogP contribution in [0.5, 0.6) is 5.75 Å². The predicted octanol–water partition coefficient (Wildman–Crippen LogP) is 6.35. The van der Waals surface area contributed by atoms with Crippen molar-refractivity contribution in [1.82, 2.24) is 4.90 Å². The molecule has 0 saturated heterocycles. The number of nitrogens with zero attached hydrogens (tertiary/aromatic N) is 1. The molecule has 1 amide bonds. The van der Waals surface area contributed by atoms with Crippen LogP contribution in [0, 0.1) is 0 Å². The van der Waals surface area contributed by atoms with Crippen LogP contribution in [0.25, 0.3) is 0 Å². The van der Waals surface area contributed by atoms with Crippen molar-refractivity contribution in [3.8, 4) is 5.75 Å². The second-order valence-corrected chi connectivity index (χ2v) is 10.8. The van der Waals surface area contributed by atoms with Gasteiger partial charge in [0.1, 0.15) is 18.4 Å². The SMILES string of the molecule is CC1(O[C@@H](C(=O)N2Cc3ccc(Cl)c(OCc4ccccc4)c3C[C@@H]2C(=O)O)c2ccccc2)CCCC1. The van der Waals surface area contributed by atoms with Gasteiger partial charge in [-0.25, -0.2) is 4.79 Å². The standard InChI is InChI=1S/C31H32ClNO5/c1-31(16-8-9-17-31)38-27(22-12-6-3-7-13-22)29(34)33-19-23-14-15-25(32)28(24(23)18-26(33)30(35)36)37-20-21-10-4-2-5-11-21/h2-7,10-15,26-27H,8-9,16-20H2,1H3,(H,35,36)/t26-,27-/m1/s1. The third-order valence-electron chi connectivity index (χ3n) is 7.61. The molecule has 1 heterocycles. The van der Waals surface area contributed by atoms with Gasteiger partial charge in [0.2, 0.25) is 0 Å². The third kappa shape index (κ3) is 5.57. The highest BCUT2D eigenvalue weighted by Gasteiger charge is 2.42. The first-order valence-electron chi connectivity index (χ1n) is 13.1. The zero-order valence-electron chi connectivity index (χ0n) is 21.4. The first kappa shape index (κ1) is 26.3. The molecule has 198 valence electrons. The Bertz CT molecular complexity index is 1290. The Morgan fingerprint density at radius 1 is 1.03 bits per heavy atom. The molecule has 2 aliphatic rings. The topological polar surface area (TPSA) is 76.1 Å². The number of halogens is 1. The number of aliphatic carboxylic acids is 1. The Labute approximate surface area is 228 Å². The van der Waals surface area contributed by atoms with E-state index in [0.29, 0.717) is 17.4 Å². The predicted molar refractivity (Wildman–Crippen MR) is 145 cm³/mol. The van der Waals surface area contributed by atoms with Crippen molar-refractivity contribution in [2.45, 2.75) is 69.9 Å². The Balaban J connectivity index is 1.46. The van der Waals surface area contributed by atoms with Gasteiger partial charge < -0.3 is 19.5 Å². The molecule has 1 fully saturated rings. The number of carbonyl (C=O) groups is 2. The number of fused-ring (bicyclic) bond motifs is 1. The molecule has 3 aromatic carbocycles. The number of carboxylic acid groups (broad SMARTS) is 1. The average Bonchev–Trinajstić information content (AvgIpc) is 3.37. The molecule has 7 heteroatoms. The maximum Gasteiger partial charge on any atom is 0.326 e. The summed E-state index contributed by atoms with van der Waals surface area (Å²) < 4.78 is 12.6. The van der Waals surface area contributed by atoms with Gasteiger partial charge in [-0.3, -0.25) is 4.79 Å². The van der Waals surface area contributed by atoms with E-state index in [1.54, 1.807) is 6.07 Å². The monoisotopic (exact) mass is 533 g/mol. The molecule has 1 aliphatic carbocycles. The van der Waals surface area contributed by atoms with Crippen molar-refractivity contribution in [1.29, 1.82) is 0 Å². The number of amides is 1. The van der Waals surface area contributed by atoms with E-state index in [9.17, 15) is 14.7 Å². The summed E-state index contributed by atoms with van der Waals surface area (Å²) >= 11 is 6.52. The van der Waals surface area contributed by atoms with Gasteiger partial charge >= 0.3 is 5.97 Å². The van der Waals surface area contributed by atoms with Crippen molar-refractivity contribution in [2.75, 3.05) is 0 Å². The molecule has 0 aromatic heterocycles. The lowest BCUT2D eigenvalue weighted by atomic mass is 9.91. The summed E-state index contributed by atoms with van der Waals surface area (Å²) in [6.07, 6.45) is 3.05. The highest BCUT2D eigenvalue weighted by molar-refractivity contribution is 6.32. The lowest BCUT2D eigenvalue weighted by Crippen LogP contribution is -2.51. The van der Waals surface area contributed by atoms with Gasteiger partial charge in [-0.2, -0.15) is 0 Å². The molecule has 2 atom stereocenters. The molecule has 0 bridgehead atoms. The van der Waals surface area contributed by atoms with Crippen molar-refractivity contribution < 1.29 is 24.2 Å². The summed E-state index contributed by atoms with van der Waals surface area (Å²) in [5.41, 5.74) is 2.83. The van der Waals surface area contributed by atoms with Crippen LogP contribution in [0.3, 0.4) is 0 Å². The highest BCUT2D eigenvalue weighted by atomic mass is 35.5. The van der Waals surface area contributed by atoms with E-state index in [4.69, 9.17) is 21.1 Å². The fourth-order valence-electron chi connectivity index (χ4n) is 5.51. The van der Waals surface area contributed by atoms with E-state index >= 15 is 0 Å². The normalized spacial score (nSPS) is 19.0. The third-order valence-corrected chi connectivity index (χ3v) is 7.91. The summed E-state index contributed by atoms with van der Waals surface area (Å²) in [6.45, 7) is 2.48. The Morgan fingerprint density at radius 2 is 1.68 bits per heavy atom. The van der Waals surface area contributed by atoms with E-state index in [2.05, 4.69) is 0 Å². The van der Waals surface area contributed by atoms with Crippen molar-refractivity contribution in [2.24, 2.45) is 0 Å². The lowest BCUT2D eigenvalue weighted by molar-refractivity contribution is -0.166. The number of rotatable bonds is 8. The minimum Gasteiger partial charge on any atom is -0.487 e. The summed E-state index contributed by atoms with van der Waals surface area (Å²) in [5, 5.41) is 10.6. The van der Waals surface area contributed by atoms with E-state index < -0.39 is 23.7 Å². The molecule has 3 aromatic rings. The number of benzene rings is 3. The van der Waals surface area contributed by atoms with Crippen LogP contribution in [-0.4, -0.2) is 33.5 Å². The smallest absolute Gasteiger partial charge is 0.326 e.